The maximum Gasteiger partial charge on any atom is 0.337 e. The zero-order chi connectivity index (χ0) is 24.6. The number of hydrogen-bond donors (Lipinski definition) is 4. The number of hydrogen-bond acceptors (Lipinski definition) is 7. The molecule has 0 aromatic heterocycles. The Morgan fingerprint density at radius 1 is 0.939 bits per heavy atom. The summed E-state index contributed by atoms with van der Waals surface area (Å²) in [7, 11) is 2.79. The predicted octanol–water partition coefficient (Wildman–Crippen LogP) is 4.53. The van der Waals surface area contributed by atoms with E-state index in [1.165, 1.54) is 58.1 Å². The van der Waals surface area contributed by atoms with Crippen LogP contribution in [0.5, 0.6) is 17.2 Å². The number of nitrogens with two attached hydrogens (primary N) is 1. The molecule has 0 fully saturated rings. The summed E-state index contributed by atoms with van der Waals surface area (Å²) in [5.41, 5.74) is 6.76. The van der Waals surface area contributed by atoms with Gasteiger partial charge in [-0.25, -0.2) is 4.79 Å². The molecular weight excluding hydrogens is 424 g/mol. The van der Waals surface area contributed by atoms with E-state index in [0.29, 0.717) is 24.3 Å². The van der Waals surface area contributed by atoms with Crippen LogP contribution in [-0.2, 0) is 16.1 Å². The molecule has 0 saturated heterocycles. The third-order valence-corrected chi connectivity index (χ3v) is 4.94. The number of amides is 1. The van der Waals surface area contributed by atoms with E-state index in [4.69, 9.17) is 15.6 Å². The Bertz CT molecular complexity index is 885. The van der Waals surface area contributed by atoms with Crippen molar-refractivity contribution in [1.82, 2.24) is 5.32 Å². The van der Waals surface area contributed by atoms with Crippen molar-refractivity contribution in [3.8, 4) is 17.2 Å². The highest BCUT2D eigenvalue weighted by Crippen LogP contribution is 2.26. The highest BCUT2D eigenvalue weighted by Gasteiger charge is 2.07. The molecule has 0 aliphatic rings. The van der Waals surface area contributed by atoms with Gasteiger partial charge < -0.3 is 30.7 Å². The number of carbonyl (C=O) groups is 2. The van der Waals surface area contributed by atoms with Gasteiger partial charge in [-0.15, -0.1) is 0 Å². The van der Waals surface area contributed by atoms with Gasteiger partial charge in [0.2, 0.25) is 5.91 Å². The molecule has 2 aromatic rings. The summed E-state index contributed by atoms with van der Waals surface area (Å²) in [6.07, 6.45) is 7.68. The number of carbonyl (C=O) groups excluding carboxylic acids is 2. The van der Waals surface area contributed by atoms with E-state index in [1.807, 2.05) is 0 Å². The Balaban J connectivity index is 0.000000383. The number of unbranched alkanes of at least 4 members (excludes halogenated alkanes) is 5. The molecule has 2 rings (SSSR count). The number of phenols is 2. The highest BCUT2D eigenvalue weighted by molar-refractivity contribution is 5.90. The largest absolute Gasteiger partial charge is 0.506 e. The first kappa shape index (κ1) is 27.6. The van der Waals surface area contributed by atoms with Crippen molar-refractivity contribution >= 4 is 17.6 Å². The van der Waals surface area contributed by atoms with Crippen LogP contribution in [0.4, 0.5) is 5.69 Å². The number of methoxy groups -OCH3 is 2. The highest BCUT2D eigenvalue weighted by atomic mass is 16.5. The van der Waals surface area contributed by atoms with Crippen LogP contribution in [0.1, 0.15) is 67.8 Å². The van der Waals surface area contributed by atoms with E-state index in [9.17, 15) is 14.7 Å². The number of nitrogen functional groups attached to an aromatic ring is 1. The van der Waals surface area contributed by atoms with Crippen LogP contribution >= 0.6 is 0 Å². The van der Waals surface area contributed by atoms with Crippen molar-refractivity contribution in [2.45, 2.75) is 58.4 Å². The van der Waals surface area contributed by atoms with E-state index >= 15 is 0 Å². The SMILES string of the molecule is CCCCCCCCC(=O)NCc1ccc(O)c(OC)c1.COC(=O)c1ccc(O)c(N)c1. The van der Waals surface area contributed by atoms with Crippen LogP contribution < -0.4 is 15.8 Å². The van der Waals surface area contributed by atoms with Gasteiger partial charge >= 0.3 is 5.97 Å². The molecule has 0 atom stereocenters. The fourth-order valence-electron chi connectivity index (χ4n) is 2.99. The molecule has 0 radical (unpaired) electrons. The second-order valence-electron chi connectivity index (χ2n) is 7.57. The van der Waals surface area contributed by atoms with Crippen LogP contribution in [0.25, 0.3) is 0 Å². The van der Waals surface area contributed by atoms with Gasteiger partial charge in [0.25, 0.3) is 0 Å². The van der Waals surface area contributed by atoms with E-state index in [-0.39, 0.29) is 23.1 Å². The lowest BCUT2D eigenvalue weighted by molar-refractivity contribution is -0.121. The third-order valence-electron chi connectivity index (χ3n) is 4.94. The lowest BCUT2D eigenvalue weighted by atomic mass is 10.1. The molecule has 0 unspecified atom stereocenters. The van der Waals surface area contributed by atoms with E-state index in [0.717, 1.165) is 18.4 Å². The summed E-state index contributed by atoms with van der Waals surface area (Å²) in [4.78, 5) is 22.7. The molecule has 0 heterocycles. The maximum atomic E-state index is 11.7. The first-order valence-electron chi connectivity index (χ1n) is 11.1. The second kappa shape index (κ2) is 15.4. The van der Waals surface area contributed by atoms with Gasteiger partial charge in [0.15, 0.2) is 11.5 Å². The molecule has 5 N–H and O–H groups in total. The monoisotopic (exact) mass is 460 g/mol. The lowest BCUT2D eigenvalue weighted by Crippen LogP contribution is -2.22. The number of anilines is 1. The lowest BCUT2D eigenvalue weighted by Gasteiger charge is -2.08. The molecule has 182 valence electrons. The molecule has 33 heavy (non-hydrogen) atoms. The normalized spacial score (nSPS) is 10.0. The van der Waals surface area contributed by atoms with Crippen molar-refractivity contribution in [3.63, 3.8) is 0 Å². The fraction of sp³-hybridized carbons (Fsp3) is 0.440. The minimum Gasteiger partial charge on any atom is -0.506 e. The zero-order valence-electron chi connectivity index (χ0n) is 19.7. The Hall–Kier alpha value is -3.42. The summed E-state index contributed by atoms with van der Waals surface area (Å²) in [6.45, 7) is 2.66. The summed E-state index contributed by atoms with van der Waals surface area (Å²) >= 11 is 0. The van der Waals surface area contributed by atoms with Crippen molar-refractivity contribution in [2.24, 2.45) is 0 Å². The van der Waals surface area contributed by atoms with E-state index in [1.54, 1.807) is 18.2 Å². The van der Waals surface area contributed by atoms with Gasteiger partial charge in [-0.3, -0.25) is 4.79 Å². The average molecular weight is 461 g/mol. The third kappa shape index (κ3) is 10.6. The Kier molecular flexibility index (Phi) is 12.9. The summed E-state index contributed by atoms with van der Waals surface area (Å²) in [6, 6.07) is 9.25. The number of phenolic OH excluding ortho intramolecular Hbond substituents is 2. The second-order valence-corrected chi connectivity index (χ2v) is 7.57. The number of aromatic hydroxyl groups is 2. The smallest absolute Gasteiger partial charge is 0.337 e. The first-order valence-corrected chi connectivity index (χ1v) is 11.1. The quantitative estimate of drug-likeness (QED) is 0.168. The zero-order valence-corrected chi connectivity index (χ0v) is 19.7. The molecule has 0 aliphatic heterocycles. The standard InChI is InChI=1S/C17H27NO3.C8H9NO3/c1-3-4-5-6-7-8-9-17(20)18-13-14-10-11-15(19)16(12-14)21-2;1-12-8(11)5-2-3-7(10)6(9)4-5/h10-12,19H,3-9,13H2,1-2H3,(H,18,20);2-4,10H,9H2,1H3. The molecule has 0 bridgehead atoms. The van der Waals surface area contributed by atoms with E-state index in [2.05, 4.69) is 17.0 Å². The van der Waals surface area contributed by atoms with Gasteiger partial charge in [-0.2, -0.15) is 0 Å². The Morgan fingerprint density at radius 3 is 2.24 bits per heavy atom. The minimum absolute atomic E-state index is 0.0392. The van der Waals surface area contributed by atoms with Crippen molar-refractivity contribution in [2.75, 3.05) is 20.0 Å². The summed E-state index contributed by atoms with van der Waals surface area (Å²) in [5.74, 6) is 0.110. The van der Waals surface area contributed by atoms with Gasteiger partial charge in [0.1, 0.15) is 5.75 Å². The topological polar surface area (TPSA) is 131 Å². The molecule has 8 nitrogen and oxygen atoms in total. The fourth-order valence-corrected chi connectivity index (χ4v) is 2.99. The van der Waals surface area contributed by atoms with Crippen LogP contribution in [0.3, 0.4) is 0 Å². The molecule has 2 aromatic carbocycles. The Morgan fingerprint density at radius 2 is 1.61 bits per heavy atom. The predicted molar refractivity (Wildman–Crippen MR) is 128 cm³/mol. The van der Waals surface area contributed by atoms with Gasteiger partial charge in [-0.1, -0.05) is 45.1 Å². The first-order chi connectivity index (χ1) is 15.8. The number of ether oxygens (including phenoxy) is 2. The molecule has 1 amide bonds. The minimum atomic E-state index is -0.471. The van der Waals surface area contributed by atoms with Crippen LogP contribution in [-0.4, -0.2) is 36.3 Å². The number of esters is 1. The van der Waals surface area contributed by atoms with Gasteiger partial charge in [-0.05, 0) is 42.3 Å². The number of benzene rings is 2. The number of nitrogens with one attached hydrogen (secondary N) is 1. The maximum absolute atomic E-state index is 11.7. The van der Waals surface area contributed by atoms with Gasteiger partial charge in [0, 0.05) is 13.0 Å². The molecular formula is C25H36N2O6. The summed E-state index contributed by atoms with van der Waals surface area (Å²) < 4.78 is 9.50. The summed E-state index contributed by atoms with van der Waals surface area (Å²) in [5, 5.41) is 21.4. The van der Waals surface area contributed by atoms with Crippen molar-refractivity contribution in [3.05, 3.63) is 47.5 Å². The molecule has 0 spiro atoms. The average Bonchev–Trinajstić information content (AvgIpc) is 2.82. The Labute approximate surface area is 195 Å². The van der Waals surface area contributed by atoms with Crippen molar-refractivity contribution in [1.29, 1.82) is 0 Å². The molecule has 8 heteroatoms. The van der Waals surface area contributed by atoms with E-state index < -0.39 is 5.97 Å². The van der Waals surface area contributed by atoms with Crippen LogP contribution in [0.2, 0.25) is 0 Å². The van der Waals surface area contributed by atoms with Crippen LogP contribution in [0, 0.1) is 0 Å². The van der Waals surface area contributed by atoms with Gasteiger partial charge in [0.05, 0.1) is 25.5 Å². The van der Waals surface area contributed by atoms with Crippen molar-refractivity contribution < 1.29 is 29.3 Å². The molecule has 0 saturated carbocycles. The van der Waals surface area contributed by atoms with Crippen LogP contribution in [0.15, 0.2) is 36.4 Å². The number of rotatable bonds is 11. The molecule has 0 aliphatic carbocycles.